The van der Waals surface area contributed by atoms with Crippen molar-refractivity contribution in [2.45, 2.75) is 13.5 Å². The van der Waals surface area contributed by atoms with Gasteiger partial charge in [-0.3, -0.25) is 4.79 Å². The first-order valence-electron chi connectivity index (χ1n) is 5.22. The Balaban J connectivity index is 2.28. The zero-order chi connectivity index (χ0) is 11.5. The number of rotatable bonds is 3. The number of halogens is 1. The predicted octanol–water partition coefficient (Wildman–Crippen LogP) is 2.54. The van der Waals surface area contributed by atoms with Gasteiger partial charge in [0.2, 0.25) is 5.91 Å². The van der Waals surface area contributed by atoms with E-state index in [1.54, 1.807) is 0 Å². The predicted molar refractivity (Wildman–Crippen MR) is 68.3 cm³/mol. The molecule has 0 aliphatic carbocycles. The van der Waals surface area contributed by atoms with Gasteiger partial charge in [0.25, 0.3) is 0 Å². The molecule has 1 heterocycles. The molecule has 16 heavy (non-hydrogen) atoms. The number of amides is 1. The number of nitrogens with one attached hydrogen (secondary N) is 1. The van der Waals surface area contributed by atoms with E-state index in [1.807, 2.05) is 42.0 Å². The summed E-state index contributed by atoms with van der Waals surface area (Å²) in [5.41, 5.74) is 1.08. The summed E-state index contributed by atoms with van der Waals surface area (Å²) in [6.07, 6.45) is 1.94. The van der Waals surface area contributed by atoms with Crippen LogP contribution in [0.25, 0.3) is 10.9 Å². The highest BCUT2D eigenvalue weighted by molar-refractivity contribution is 9.10. The van der Waals surface area contributed by atoms with Gasteiger partial charge in [0.1, 0.15) is 6.54 Å². The summed E-state index contributed by atoms with van der Waals surface area (Å²) in [6.45, 7) is 2.96. The highest BCUT2D eigenvalue weighted by Gasteiger charge is 2.05. The Morgan fingerprint density at radius 3 is 3.00 bits per heavy atom. The van der Waals surface area contributed by atoms with Crippen molar-refractivity contribution in [2.75, 3.05) is 6.54 Å². The molecule has 3 nitrogen and oxygen atoms in total. The molecule has 0 fully saturated rings. The van der Waals surface area contributed by atoms with Gasteiger partial charge in [-0.25, -0.2) is 0 Å². The van der Waals surface area contributed by atoms with Crippen molar-refractivity contribution in [3.8, 4) is 0 Å². The fraction of sp³-hybridized carbons (Fsp3) is 0.250. The number of aromatic nitrogens is 1. The van der Waals surface area contributed by atoms with E-state index in [-0.39, 0.29) is 5.91 Å². The van der Waals surface area contributed by atoms with Crippen LogP contribution in [0.5, 0.6) is 0 Å². The summed E-state index contributed by atoms with van der Waals surface area (Å²) in [5.74, 6) is 0.0444. The number of hydrogen-bond acceptors (Lipinski definition) is 1. The van der Waals surface area contributed by atoms with Crippen LogP contribution in [-0.2, 0) is 11.3 Å². The molecule has 0 spiro atoms. The Kier molecular flexibility index (Phi) is 3.29. The first kappa shape index (κ1) is 11.2. The van der Waals surface area contributed by atoms with E-state index in [2.05, 4.69) is 21.2 Å². The molecular weight excluding hydrogens is 268 g/mol. The summed E-state index contributed by atoms with van der Waals surface area (Å²) in [5, 5.41) is 3.93. The van der Waals surface area contributed by atoms with Crippen molar-refractivity contribution < 1.29 is 4.79 Å². The SMILES string of the molecule is CCNC(=O)Cn1ccc2cc(Br)ccc21. The molecule has 0 radical (unpaired) electrons. The number of fused-ring (bicyclic) bond motifs is 1. The van der Waals surface area contributed by atoms with E-state index in [0.717, 1.165) is 15.4 Å². The molecule has 0 aliphatic rings. The van der Waals surface area contributed by atoms with Crippen molar-refractivity contribution in [2.24, 2.45) is 0 Å². The van der Waals surface area contributed by atoms with Crippen LogP contribution < -0.4 is 5.32 Å². The lowest BCUT2D eigenvalue weighted by molar-refractivity contribution is -0.121. The number of hydrogen-bond donors (Lipinski definition) is 1. The smallest absolute Gasteiger partial charge is 0.239 e. The molecule has 0 aliphatic heterocycles. The van der Waals surface area contributed by atoms with Gasteiger partial charge in [0, 0.05) is 28.1 Å². The second-order valence-corrected chi connectivity index (χ2v) is 4.52. The van der Waals surface area contributed by atoms with Gasteiger partial charge in [-0.15, -0.1) is 0 Å². The average Bonchev–Trinajstić information content (AvgIpc) is 2.61. The first-order valence-corrected chi connectivity index (χ1v) is 6.01. The molecule has 0 bridgehead atoms. The Hall–Kier alpha value is -1.29. The Morgan fingerprint density at radius 1 is 1.44 bits per heavy atom. The third-order valence-corrected chi connectivity index (χ3v) is 2.91. The first-order chi connectivity index (χ1) is 7.70. The van der Waals surface area contributed by atoms with Crippen LogP contribution in [0.1, 0.15) is 6.92 Å². The topological polar surface area (TPSA) is 34.0 Å². The van der Waals surface area contributed by atoms with Gasteiger partial charge in [-0.05, 0) is 31.2 Å². The minimum absolute atomic E-state index is 0.0444. The summed E-state index contributed by atoms with van der Waals surface area (Å²) in [6, 6.07) is 8.05. The Labute approximate surface area is 103 Å². The molecule has 1 aromatic carbocycles. The lowest BCUT2D eigenvalue weighted by Crippen LogP contribution is -2.26. The third kappa shape index (κ3) is 2.27. The molecule has 0 saturated heterocycles. The van der Waals surface area contributed by atoms with E-state index in [1.165, 1.54) is 0 Å². The molecule has 1 N–H and O–H groups in total. The van der Waals surface area contributed by atoms with Gasteiger partial charge >= 0.3 is 0 Å². The normalized spacial score (nSPS) is 10.6. The van der Waals surface area contributed by atoms with Crippen LogP contribution in [-0.4, -0.2) is 17.0 Å². The number of carbonyl (C=O) groups is 1. The van der Waals surface area contributed by atoms with Crippen molar-refractivity contribution in [1.29, 1.82) is 0 Å². The molecule has 0 atom stereocenters. The van der Waals surface area contributed by atoms with Crippen LogP contribution in [0.2, 0.25) is 0 Å². The summed E-state index contributed by atoms with van der Waals surface area (Å²) in [4.78, 5) is 11.5. The Bertz CT molecular complexity index is 519. The van der Waals surface area contributed by atoms with Gasteiger partial charge in [0.05, 0.1) is 0 Å². The average molecular weight is 281 g/mol. The number of benzene rings is 1. The van der Waals surface area contributed by atoms with Crippen LogP contribution in [0.4, 0.5) is 0 Å². The lowest BCUT2D eigenvalue weighted by atomic mass is 10.2. The fourth-order valence-electron chi connectivity index (χ4n) is 1.72. The van der Waals surface area contributed by atoms with Crippen LogP contribution in [0.15, 0.2) is 34.9 Å². The van der Waals surface area contributed by atoms with E-state index >= 15 is 0 Å². The molecule has 0 unspecified atom stereocenters. The van der Waals surface area contributed by atoms with Crippen molar-refractivity contribution in [1.82, 2.24) is 9.88 Å². The van der Waals surface area contributed by atoms with Gasteiger partial charge in [-0.2, -0.15) is 0 Å². The highest BCUT2D eigenvalue weighted by Crippen LogP contribution is 2.20. The maximum absolute atomic E-state index is 11.5. The summed E-state index contributed by atoms with van der Waals surface area (Å²) in [7, 11) is 0. The molecule has 4 heteroatoms. The molecular formula is C12H13BrN2O. The molecule has 1 amide bonds. The largest absolute Gasteiger partial charge is 0.355 e. The van der Waals surface area contributed by atoms with E-state index < -0.39 is 0 Å². The number of likely N-dealkylation sites (N-methyl/N-ethyl adjacent to an activating group) is 1. The molecule has 2 rings (SSSR count). The Morgan fingerprint density at radius 2 is 2.25 bits per heavy atom. The summed E-state index contributed by atoms with van der Waals surface area (Å²) < 4.78 is 3.00. The zero-order valence-electron chi connectivity index (χ0n) is 9.03. The van der Waals surface area contributed by atoms with Gasteiger partial charge < -0.3 is 9.88 Å². The summed E-state index contributed by atoms with van der Waals surface area (Å²) >= 11 is 3.43. The van der Waals surface area contributed by atoms with Crippen LogP contribution in [0, 0.1) is 0 Å². The highest BCUT2D eigenvalue weighted by atomic mass is 79.9. The molecule has 0 saturated carbocycles. The van der Waals surface area contributed by atoms with E-state index in [0.29, 0.717) is 13.1 Å². The fourth-order valence-corrected chi connectivity index (χ4v) is 2.10. The maximum Gasteiger partial charge on any atom is 0.239 e. The maximum atomic E-state index is 11.5. The molecule has 84 valence electrons. The second kappa shape index (κ2) is 4.70. The van der Waals surface area contributed by atoms with Crippen molar-refractivity contribution in [3.63, 3.8) is 0 Å². The van der Waals surface area contributed by atoms with Crippen LogP contribution >= 0.6 is 15.9 Å². The second-order valence-electron chi connectivity index (χ2n) is 3.60. The monoisotopic (exact) mass is 280 g/mol. The van der Waals surface area contributed by atoms with Crippen LogP contribution in [0.3, 0.4) is 0 Å². The molecule has 1 aromatic heterocycles. The van der Waals surface area contributed by atoms with Crippen molar-refractivity contribution in [3.05, 3.63) is 34.9 Å². The van der Waals surface area contributed by atoms with Gasteiger partial charge in [0.15, 0.2) is 0 Å². The number of nitrogens with zero attached hydrogens (tertiary/aromatic N) is 1. The van der Waals surface area contributed by atoms with Gasteiger partial charge in [-0.1, -0.05) is 15.9 Å². The third-order valence-electron chi connectivity index (χ3n) is 2.42. The minimum atomic E-state index is 0.0444. The quantitative estimate of drug-likeness (QED) is 0.921. The molecule has 2 aromatic rings. The minimum Gasteiger partial charge on any atom is -0.355 e. The number of carbonyl (C=O) groups excluding carboxylic acids is 1. The van der Waals surface area contributed by atoms with E-state index in [9.17, 15) is 4.79 Å². The van der Waals surface area contributed by atoms with Crippen molar-refractivity contribution >= 4 is 32.7 Å². The van der Waals surface area contributed by atoms with E-state index in [4.69, 9.17) is 0 Å². The zero-order valence-corrected chi connectivity index (χ0v) is 10.6. The standard InChI is InChI=1S/C12H13BrN2O/c1-2-14-12(16)8-15-6-5-9-7-10(13)3-4-11(9)15/h3-7H,2,8H2,1H3,(H,14,16). The lowest BCUT2D eigenvalue weighted by Gasteiger charge is -2.05.